The molecule has 0 amide bonds. The Labute approximate surface area is 100 Å². The van der Waals surface area contributed by atoms with Crippen molar-refractivity contribution in [1.29, 1.82) is 0 Å². The van der Waals surface area contributed by atoms with Crippen LogP contribution in [0.2, 0.25) is 5.15 Å². The predicted molar refractivity (Wildman–Crippen MR) is 61.7 cm³/mol. The van der Waals surface area contributed by atoms with Crippen LogP contribution in [0.3, 0.4) is 0 Å². The first-order chi connectivity index (χ1) is 7.22. The Morgan fingerprint density at radius 3 is 2.87 bits per heavy atom. The van der Waals surface area contributed by atoms with Crippen LogP contribution >= 0.6 is 27.5 Å². The van der Waals surface area contributed by atoms with Gasteiger partial charge >= 0.3 is 0 Å². The summed E-state index contributed by atoms with van der Waals surface area (Å²) >= 11 is 9.33. The molecule has 0 fully saturated rings. The summed E-state index contributed by atoms with van der Waals surface area (Å²) in [4.78, 5) is 15.5. The molecule has 0 saturated carbocycles. The second kappa shape index (κ2) is 4.28. The average Bonchev–Trinajstić information content (AvgIpc) is 2.75. The van der Waals surface area contributed by atoms with E-state index in [1.54, 1.807) is 12.4 Å². The van der Waals surface area contributed by atoms with E-state index in [-0.39, 0.29) is 0 Å². The third kappa shape index (κ3) is 2.03. The number of aromatic nitrogens is 4. The van der Waals surface area contributed by atoms with Gasteiger partial charge in [-0.1, -0.05) is 18.5 Å². The Morgan fingerprint density at radius 1 is 1.47 bits per heavy atom. The van der Waals surface area contributed by atoms with E-state index in [1.165, 1.54) is 0 Å². The van der Waals surface area contributed by atoms with Crippen molar-refractivity contribution in [2.45, 2.75) is 13.3 Å². The molecule has 6 heteroatoms. The van der Waals surface area contributed by atoms with Crippen molar-refractivity contribution < 1.29 is 0 Å². The number of nitrogens with one attached hydrogen (secondary N) is 1. The third-order valence-corrected chi connectivity index (χ3v) is 3.26. The molecule has 0 unspecified atom stereocenters. The number of nitrogens with zero attached hydrogens (tertiary/aromatic N) is 3. The number of imidazole rings is 1. The maximum absolute atomic E-state index is 5.98. The van der Waals surface area contributed by atoms with Crippen molar-refractivity contribution in [2.75, 3.05) is 0 Å². The van der Waals surface area contributed by atoms with Crippen molar-refractivity contribution in [3.8, 4) is 11.6 Å². The molecule has 0 radical (unpaired) electrons. The van der Waals surface area contributed by atoms with E-state index in [0.717, 1.165) is 16.6 Å². The molecule has 4 nitrogen and oxygen atoms in total. The number of rotatable bonds is 2. The summed E-state index contributed by atoms with van der Waals surface area (Å²) in [6.07, 6.45) is 4.16. The SMILES string of the molecule is CCc1nc(-c2ncc[nH]2)nc(Cl)c1Br. The summed E-state index contributed by atoms with van der Waals surface area (Å²) in [5.41, 5.74) is 0.876. The summed E-state index contributed by atoms with van der Waals surface area (Å²) in [6.45, 7) is 2.01. The van der Waals surface area contributed by atoms with Crippen LogP contribution in [0.4, 0.5) is 0 Å². The van der Waals surface area contributed by atoms with Gasteiger partial charge in [-0.25, -0.2) is 15.0 Å². The van der Waals surface area contributed by atoms with E-state index in [2.05, 4.69) is 35.9 Å². The van der Waals surface area contributed by atoms with Gasteiger partial charge in [-0.15, -0.1) is 0 Å². The normalized spacial score (nSPS) is 10.6. The van der Waals surface area contributed by atoms with Gasteiger partial charge in [-0.05, 0) is 22.4 Å². The molecular weight excluding hydrogens is 279 g/mol. The number of halogens is 2. The Bertz CT molecular complexity index is 469. The Kier molecular flexibility index (Phi) is 3.02. The molecule has 15 heavy (non-hydrogen) atoms. The van der Waals surface area contributed by atoms with Gasteiger partial charge in [0.15, 0.2) is 11.6 Å². The van der Waals surface area contributed by atoms with Crippen molar-refractivity contribution in [2.24, 2.45) is 0 Å². The number of aromatic amines is 1. The Hall–Kier alpha value is -0.940. The topological polar surface area (TPSA) is 54.5 Å². The van der Waals surface area contributed by atoms with Crippen LogP contribution in [0.5, 0.6) is 0 Å². The summed E-state index contributed by atoms with van der Waals surface area (Å²) in [5.74, 6) is 1.14. The first kappa shape index (κ1) is 10.6. The molecule has 0 aliphatic heterocycles. The van der Waals surface area contributed by atoms with Gasteiger partial charge in [0.25, 0.3) is 0 Å². The average molecular weight is 288 g/mol. The number of hydrogen-bond acceptors (Lipinski definition) is 3. The Morgan fingerprint density at radius 2 is 2.27 bits per heavy atom. The highest BCUT2D eigenvalue weighted by Crippen LogP contribution is 2.25. The molecule has 0 spiro atoms. The summed E-state index contributed by atoms with van der Waals surface area (Å²) in [7, 11) is 0. The first-order valence-electron chi connectivity index (χ1n) is 4.44. The van der Waals surface area contributed by atoms with Crippen LogP contribution in [-0.2, 0) is 6.42 Å². The molecular formula is C9H8BrClN4. The molecule has 2 aromatic rings. The van der Waals surface area contributed by atoms with E-state index in [4.69, 9.17) is 11.6 Å². The number of hydrogen-bond donors (Lipinski definition) is 1. The molecule has 0 bridgehead atoms. The largest absolute Gasteiger partial charge is 0.342 e. The maximum atomic E-state index is 5.98. The van der Waals surface area contributed by atoms with Crippen molar-refractivity contribution in [3.63, 3.8) is 0 Å². The van der Waals surface area contributed by atoms with Crippen LogP contribution in [-0.4, -0.2) is 19.9 Å². The van der Waals surface area contributed by atoms with Crippen LogP contribution < -0.4 is 0 Å². The van der Waals surface area contributed by atoms with Gasteiger partial charge < -0.3 is 4.98 Å². The third-order valence-electron chi connectivity index (χ3n) is 1.92. The zero-order valence-corrected chi connectivity index (χ0v) is 10.3. The fraction of sp³-hybridized carbons (Fsp3) is 0.222. The summed E-state index contributed by atoms with van der Waals surface area (Å²) in [6, 6.07) is 0. The number of aryl methyl sites for hydroxylation is 1. The van der Waals surface area contributed by atoms with Gasteiger partial charge in [-0.2, -0.15) is 0 Å². The molecule has 78 valence electrons. The highest BCUT2D eigenvalue weighted by Gasteiger charge is 2.11. The first-order valence-corrected chi connectivity index (χ1v) is 5.61. The Balaban J connectivity index is 2.55. The summed E-state index contributed by atoms with van der Waals surface area (Å²) < 4.78 is 0.752. The minimum Gasteiger partial charge on any atom is -0.342 e. The molecule has 1 N–H and O–H groups in total. The fourth-order valence-corrected chi connectivity index (χ4v) is 1.84. The summed E-state index contributed by atoms with van der Waals surface area (Å²) in [5, 5.41) is 0.410. The quantitative estimate of drug-likeness (QED) is 0.864. The second-order valence-corrected chi connectivity index (χ2v) is 4.04. The minimum atomic E-state index is 0.410. The zero-order valence-electron chi connectivity index (χ0n) is 7.96. The van der Waals surface area contributed by atoms with Gasteiger partial charge in [0.05, 0.1) is 10.2 Å². The zero-order chi connectivity index (χ0) is 10.8. The van der Waals surface area contributed by atoms with Crippen LogP contribution in [0.15, 0.2) is 16.9 Å². The van der Waals surface area contributed by atoms with Gasteiger partial charge in [0.2, 0.25) is 0 Å². The van der Waals surface area contributed by atoms with E-state index >= 15 is 0 Å². The molecule has 0 aromatic carbocycles. The lowest BCUT2D eigenvalue weighted by atomic mass is 10.3. The van der Waals surface area contributed by atoms with Gasteiger partial charge in [0, 0.05) is 12.4 Å². The van der Waals surface area contributed by atoms with E-state index < -0.39 is 0 Å². The smallest absolute Gasteiger partial charge is 0.197 e. The highest BCUT2D eigenvalue weighted by molar-refractivity contribution is 9.10. The second-order valence-electron chi connectivity index (χ2n) is 2.89. The molecule has 0 aliphatic carbocycles. The van der Waals surface area contributed by atoms with Crippen LogP contribution in [0.1, 0.15) is 12.6 Å². The van der Waals surface area contributed by atoms with E-state index in [0.29, 0.717) is 16.8 Å². The fourth-order valence-electron chi connectivity index (χ4n) is 1.19. The number of H-pyrrole nitrogens is 1. The molecule has 2 aromatic heterocycles. The maximum Gasteiger partial charge on any atom is 0.197 e. The molecule has 2 heterocycles. The predicted octanol–water partition coefficient (Wildman–Crippen LogP) is 2.85. The van der Waals surface area contributed by atoms with Crippen molar-refractivity contribution >= 4 is 27.5 Å². The molecule has 2 rings (SSSR count). The van der Waals surface area contributed by atoms with Gasteiger partial charge in [-0.3, -0.25) is 0 Å². The van der Waals surface area contributed by atoms with Crippen LogP contribution in [0.25, 0.3) is 11.6 Å². The standard InChI is InChI=1S/C9H8BrClN4/c1-2-5-6(10)7(11)15-9(14-5)8-12-3-4-13-8/h3-4H,2H2,1H3,(H,12,13). The van der Waals surface area contributed by atoms with Crippen molar-refractivity contribution in [1.82, 2.24) is 19.9 Å². The lowest BCUT2D eigenvalue weighted by Crippen LogP contribution is -1.98. The lowest BCUT2D eigenvalue weighted by Gasteiger charge is -2.04. The molecule has 0 atom stereocenters. The monoisotopic (exact) mass is 286 g/mol. The molecule has 0 aliphatic rings. The van der Waals surface area contributed by atoms with Crippen molar-refractivity contribution in [3.05, 3.63) is 27.7 Å². The highest BCUT2D eigenvalue weighted by atomic mass is 79.9. The van der Waals surface area contributed by atoms with Gasteiger partial charge in [0.1, 0.15) is 5.15 Å². The lowest BCUT2D eigenvalue weighted by molar-refractivity contribution is 0.979. The van der Waals surface area contributed by atoms with E-state index in [9.17, 15) is 0 Å². The van der Waals surface area contributed by atoms with Crippen LogP contribution in [0, 0.1) is 0 Å². The minimum absolute atomic E-state index is 0.410. The molecule has 0 saturated heterocycles. The van der Waals surface area contributed by atoms with E-state index in [1.807, 2.05) is 6.92 Å².